The van der Waals surface area contributed by atoms with E-state index in [9.17, 15) is 9.18 Å². The molecule has 0 radical (unpaired) electrons. The van der Waals surface area contributed by atoms with Gasteiger partial charge in [-0.25, -0.2) is 4.39 Å². The average molecular weight is 323 g/mol. The van der Waals surface area contributed by atoms with Gasteiger partial charge in [0.2, 0.25) is 5.91 Å². The van der Waals surface area contributed by atoms with E-state index in [-0.39, 0.29) is 30.2 Å². The standard InChI is InChI=1S/C17H19FN2O.ClH/c1-20(15-9-5-8-14(18)12-15)17(21)11-10-16(19)13-6-3-2-4-7-13;/h2-9,12,16H,10-11,19H2,1H3;1H. The van der Waals surface area contributed by atoms with E-state index < -0.39 is 0 Å². The van der Waals surface area contributed by atoms with Gasteiger partial charge in [-0.05, 0) is 30.2 Å². The first-order chi connectivity index (χ1) is 10.1. The Morgan fingerprint density at radius 2 is 1.86 bits per heavy atom. The van der Waals surface area contributed by atoms with E-state index in [2.05, 4.69) is 0 Å². The van der Waals surface area contributed by atoms with Crippen molar-refractivity contribution in [3.8, 4) is 0 Å². The second-order valence-electron chi connectivity index (χ2n) is 4.99. The summed E-state index contributed by atoms with van der Waals surface area (Å²) in [7, 11) is 1.64. The fourth-order valence-corrected chi connectivity index (χ4v) is 2.14. The Morgan fingerprint density at radius 1 is 1.18 bits per heavy atom. The maximum absolute atomic E-state index is 13.2. The molecule has 0 aromatic heterocycles. The van der Waals surface area contributed by atoms with Crippen molar-refractivity contribution in [1.82, 2.24) is 0 Å². The van der Waals surface area contributed by atoms with Crippen molar-refractivity contribution >= 4 is 24.0 Å². The maximum atomic E-state index is 13.2. The van der Waals surface area contributed by atoms with E-state index in [0.717, 1.165) is 5.56 Å². The van der Waals surface area contributed by atoms with Gasteiger partial charge in [-0.15, -0.1) is 12.4 Å². The van der Waals surface area contributed by atoms with Crippen LogP contribution in [0.5, 0.6) is 0 Å². The van der Waals surface area contributed by atoms with Crippen molar-refractivity contribution in [2.45, 2.75) is 18.9 Å². The lowest BCUT2D eigenvalue weighted by Gasteiger charge is -2.19. The first-order valence-corrected chi connectivity index (χ1v) is 6.90. The van der Waals surface area contributed by atoms with Crippen molar-refractivity contribution in [3.05, 3.63) is 66.0 Å². The van der Waals surface area contributed by atoms with Crippen LogP contribution in [-0.2, 0) is 4.79 Å². The zero-order chi connectivity index (χ0) is 15.2. The number of carbonyl (C=O) groups is 1. The van der Waals surface area contributed by atoms with Crippen LogP contribution in [0.2, 0.25) is 0 Å². The van der Waals surface area contributed by atoms with Gasteiger partial charge in [0, 0.05) is 25.2 Å². The van der Waals surface area contributed by atoms with Crippen LogP contribution in [0.3, 0.4) is 0 Å². The zero-order valence-electron chi connectivity index (χ0n) is 12.4. The third-order valence-electron chi connectivity index (χ3n) is 3.47. The van der Waals surface area contributed by atoms with Crippen LogP contribution < -0.4 is 10.6 Å². The molecule has 0 aliphatic carbocycles. The maximum Gasteiger partial charge on any atom is 0.226 e. The highest BCUT2D eigenvalue weighted by Gasteiger charge is 2.14. The molecule has 1 amide bonds. The molecular formula is C17H20ClFN2O. The number of anilines is 1. The molecule has 2 rings (SSSR count). The summed E-state index contributed by atoms with van der Waals surface area (Å²) in [6.45, 7) is 0. The van der Waals surface area contributed by atoms with Gasteiger partial charge in [0.1, 0.15) is 5.82 Å². The van der Waals surface area contributed by atoms with Crippen molar-refractivity contribution in [2.75, 3.05) is 11.9 Å². The highest BCUT2D eigenvalue weighted by Crippen LogP contribution is 2.19. The summed E-state index contributed by atoms with van der Waals surface area (Å²) in [5.41, 5.74) is 7.64. The summed E-state index contributed by atoms with van der Waals surface area (Å²) < 4.78 is 13.2. The van der Waals surface area contributed by atoms with Gasteiger partial charge in [-0.2, -0.15) is 0 Å². The van der Waals surface area contributed by atoms with E-state index in [1.54, 1.807) is 19.2 Å². The van der Waals surface area contributed by atoms with E-state index >= 15 is 0 Å². The number of amides is 1. The second kappa shape index (κ2) is 8.51. The number of nitrogens with two attached hydrogens (primary N) is 1. The minimum absolute atomic E-state index is 0. The molecule has 0 aliphatic heterocycles. The van der Waals surface area contributed by atoms with E-state index in [4.69, 9.17) is 5.73 Å². The van der Waals surface area contributed by atoms with Crippen molar-refractivity contribution in [2.24, 2.45) is 5.73 Å². The highest BCUT2D eigenvalue weighted by atomic mass is 35.5. The quantitative estimate of drug-likeness (QED) is 0.912. The summed E-state index contributed by atoms with van der Waals surface area (Å²) >= 11 is 0. The predicted molar refractivity (Wildman–Crippen MR) is 89.7 cm³/mol. The molecule has 0 heterocycles. The molecule has 3 nitrogen and oxygen atoms in total. The summed E-state index contributed by atoms with van der Waals surface area (Å²) in [5.74, 6) is -0.430. The summed E-state index contributed by atoms with van der Waals surface area (Å²) in [4.78, 5) is 13.6. The largest absolute Gasteiger partial charge is 0.324 e. The second-order valence-corrected chi connectivity index (χ2v) is 4.99. The molecule has 22 heavy (non-hydrogen) atoms. The Bertz CT molecular complexity index is 607. The first-order valence-electron chi connectivity index (χ1n) is 6.90. The third kappa shape index (κ3) is 4.83. The van der Waals surface area contributed by atoms with Crippen LogP contribution in [0, 0.1) is 5.82 Å². The van der Waals surface area contributed by atoms with Gasteiger partial charge in [-0.1, -0.05) is 36.4 Å². The molecule has 2 aromatic rings. The number of benzene rings is 2. The molecule has 118 valence electrons. The Labute approximate surface area is 136 Å². The van der Waals surface area contributed by atoms with Gasteiger partial charge in [0.15, 0.2) is 0 Å². The van der Waals surface area contributed by atoms with Crippen molar-refractivity contribution in [3.63, 3.8) is 0 Å². The van der Waals surface area contributed by atoms with E-state index in [1.165, 1.54) is 17.0 Å². The van der Waals surface area contributed by atoms with Crippen molar-refractivity contribution in [1.29, 1.82) is 0 Å². The number of rotatable bonds is 5. The number of hydrogen-bond acceptors (Lipinski definition) is 2. The molecule has 0 bridgehead atoms. The third-order valence-corrected chi connectivity index (χ3v) is 3.47. The lowest BCUT2D eigenvalue weighted by atomic mass is 10.0. The summed E-state index contributed by atoms with van der Waals surface area (Å²) in [6.07, 6.45) is 0.881. The molecule has 1 atom stereocenters. The van der Waals surface area contributed by atoms with Gasteiger partial charge < -0.3 is 10.6 Å². The fourth-order valence-electron chi connectivity index (χ4n) is 2.14. The molecule has 5 heteroatoms. The molecule has 0 fully saturated rings. The molecule has 0 saturated heterocycles. The zero-order valence-corrected chi connectivity index (χ0v) is 13.2. The smallest absolute Gasteiger partial charge is 0.226 e. The Morgan fingerprint density at radius 3 is 2.50 bits per heavy atom. The predicted octanol–water partition coefficient (Wildman–Crippen LogP) is 3.69. The van der Waals surface area contributed by atoms with Gasteiger partial charge in [-0.3, -0.25) is 4.79 Å². The molecular weight excluding hydrogens is 303 g/mol. The molecule has 0 spiro atoms. The van der Waals surface area contributed by atoms with Crippen LogP contribution in [-0.4, -0.2) is 13.0 Å². The normalized spacial score (nSPS) is 11.4. The minimum atomic E-state index is -0.354. The van der Waals surface area contributed by atoms with Gasteiger partial charge in [0.05, 0.1) is 0 Å². The Hall–Kier alpha value is -1.91. The number of nitrogens with zero attached hydrogens (tertiary/aromatic N) is 1. The van der Waals surface area contributed by atoms with Crippen LogP contribution in [0.1, 0.15) is 24.4 Å². The van der Waals surface area contributed by atoms with E-state index in [1.807, 2.05) is 30.3 Å². The Kier molecular flexibility index (Phi) is 7.02. The van der Waals surface area contributed by atoms with Crippen molar-refractivity contribution < 1.29 is 9.18 Å². The molecule has 1 unspecified atom stereocenters. The molecule has 2 aromatic carbocycles. The SMILES string of the molecule is CN(C(=O)CCC(N)c1ccccc1)c1cccc(F)c1.Cl. The topological polar surface area (TPSA) is 46.3 Å². The minimum Gasteiger partial charge on any atom is -0.324 e. The van der Waals surface area contributed by atoms with Crippen LogP contribution in [0.25, 0.3) is 0 Å². The van der Waals surface area contributed by atoms with Crippen LogP contribution in [0.15, 0.2) is 54.6 Å². The molecule has 0 saturated carbocycles. The molecule has 0 aliphatic rings. The lowest BCUT2D eigenvalue weighted by Crippen LogP contribution is -2.27. The molecule has 2 N–H and O–H groups in total. The van der Waals surface area contributed by atoms with E-state index in [0.29, 0.717) is 18.5 Å². The lowest BCUT2D eigenvalue weighted by molar-refractivity contribution is -0.118. The van der Waals surface area contributed by atoms with Gasteiger partial charge in [0.25, 0.3) is 0 Å². The first kappa shape index (κ1) is 18.1. The van der Waals surface area contributed by atoms with Crippen LogP contribution >= 0.6 is 12.4 Å². The van der Waals surface area contributed by atoms with Gasteiger partial charge >= 0.3 is 0 Å². The number of carbonyl (C=O) groups excluding carboxylic acids is 1. The average Bonchev–Trinajstić information content (AvgIpc) is 2.52. The van der Waals surface area contributed by atoms with Crippen LogP contribution in [0.4, 0.5) is 10.1 Å². The fraction of sp³-hybridized carbons (Fsp3) is 0.235. The number of halogens is 2. The monoisotopic (exact) mass is 322 g/mol. The summed E-state index contributed by atoms with van der Waals surface area (Å²) in [6, 6.07) is 15.5. The highest BCUT2D eigenvalue weighted by molar-refractivity contribution is 5.92. The number of hydrogen-bond donors (Lipinski definition) is 1. The summed E-state index contributed by atoms with van der Waals surface area (Å²) in [5, 5.41) is 0. The Balaban J connectivity index is 0.00000242.